The normalized spacial score (nSPS) is 11.5. The van der Waals surface area contributed by atoms with Crippen molar-refractivity contribution in [2.45, 2.75) is 39.3 Å². The summed E-state index contributed by atoms with van der Waals surface area (Å²) in [4.78, 5) is 0. The van der Waals surface area contributed by atoms with E-state index in [4.69, 9.17) is 4.74 Å². The molecule has 0 saturated carbocycles. The zero-order valence-corrected chi connectivity index (χ0v) is 16.2. The molecule has 0 unspecified atom stereocenters. The molecule has 0 atom stereocenters. The second-order valence-corrected chi connectivity index (χ2v) is 7.38. The molecule has 0 fully saturated rings. The lowest BCUT2D eigenvalue weighted by Gasteiger charge is -2.18. The topological polar surface area (TPSA) is 69.9 Å². The Balaban J connectivity index is 1.77. The maximum Gasteiger partial charge on any atom is 0.120 e. The molecule has 3 rings (SSSR count). The molecule has 0 bridgehead atoms. The van der Waals surface area contributed by atoms with Crippen molar-refractivity contribution in [2.75, 3.05) is 0 Å². The van der Waals surface area contributed by atoms with Gasteiger partial charge in [-0.15, -0.1) is 0 Å². The molecule has 4 heteroatoms. The summed E-state index contributed by atoms with van der Waals surface area (Å²) in [6.07, 6.45) is 0. The summed E-state index contributed by atoms with van der Waals surface area (Å²) >= 11 is 0. The van der Waals surface area contributed by atoms with E-state index in [1.165, 1.54) is 0 Å². The van der Waals surface area contributed by atoms with Crippen LogP contribution in [0.4, 0.5) is 0 Å². The molecule has 4 nitrogen and oxygen atoms in total. The van der Waals surface area contributed by atoms with Crippen LogP contribution in [0.15, 0.2) is 66.7 Å². The van der Waals surface area contributed by atoms with Gasteiger partial charge in [-0.3, -0.25) is 0 Å². The highest BCUT2D eigenvalue weighted by atomic mass is 16.5. The number of aliphatic hydroxyl groups is 3. The molecule has 0 aliphatic carbocycles. The lowest BCUT2D eigenvalue weighted by molar-refractivity contribution is 0.0786. The number of hydrogen-bond donors (Lipinski definition) is 3. The minimum Gasteiger partial charge on any atom is -0.489 e. The fraction of sp³-hybridized carbons (Fsp3) is 0.250. The van der Waals surface area contributed by atoms with Gasteiger partial charge in [-0.25, -0.2) is 0 Å². The van der Waals surface area contributed by atoms with Crippen molar-refractivity contribution >= 4 is 0 Å². The van der Waals surface area contributed by atoms with Gasteiger partial charge in [0.1, 0.15) is 12.4 Å². The Labute approximate surface area is 165 Å². The highest BCUT2D eigenvalue weighted by Crippen LogP contribution is 2.28. The Morgan fingerprint density at radius 1 is 0.786 bits per heavy atom. The first-order valence-electron chi connectivity index (χ1n) is 9.29. The predicted molar refractivity (Wildman–Crippen MR) is 110 cm³/mol. The van der Waals surface area contributed by atoms with Crippen LogP contribution in [-0.2, 0) is 25.4 Å². The van der Waals surface area contributed by atoms with Gasteiger partial charge in [-0.2, -0.15) is 0 Å². The van der Waals surface area contributed by atoms with Gasteiger partial charge in [0.25, 0.3) is 0 Å². The molecule has 28 heavy (non-hydrogen) atoms. The number of aliphatic hydroxyl groups excluding tert-OH is 2. The SMILES string of the molecule is CC(C)(O)c1cccc(-c2cccc(OCc3ccc(CO)c(CO)c3)c2)c1. The molecule has 0 aliphatic rings. The second kappa shape index (κ2) is 8.57. The number of benzene rings is 3. The van der Waals surface area contributed by atoms with Crippen molar-refractivity contribution in [1.82, 2.24) is 0 Å². The summed E-state index contributed by atoms with van der Waals surface area (Å²) in [5.74, 6) is 0.739. The third kappa shape index (κ3) is 4.78. The zero-order valence-electron chi connectivity index (χ0n) is 16.2. The van der Waals surface area contributed by atoms with Crippen molar-refractivity contribution in [3.05, 3.63) is 89.0 Å². The van der Waals surface area contributed by atoms with Gasteiger partial charge in [-0.05, 0) is 71.5 Å². The zero-order chi connectivity index (χ0) is 20.1. The standard InChI is InChI=1S/C24H26O4/c1-24(2,27)22-7-3-5-18(12-22)19-6-4-8-23(13-19)28-16-17-9-10-20(14-25)21(11-17)15-26/h3-13,25-27H,14-16H2,1-2H3. The first-order valence-corrected chi connectivity index (χ1v) is 9.29. The van der Waals surface area contributed by atoms with Crippen LogP contribution >= 0.6 is 0 Å². The first kappa shape index (κ1) is 20.1. The van der Waals surface area contributed by atoms with Crippen LogP contribution < -0.4 is 4.74 Å². The molecule has 146 valence electrons. The van der Waals surface area contributed by atoms with E-state index in [1.807, 2.05) is 66.7 Å². The Hall–Kier alpha value is -2.66. The lowest BCUT2D eigenvalue weighted by Crippen LogP contribution is -2.15. The fourth-order valence-corrected chi connectivity index (χ4v) is 3.08. The van der Waals surface area contributed by atoms with E-state index in [0.29, 0.717) is 12.2 Å². The minimum absolute atomic E-state index is 0.0945. The van der Waals surface area contributed by atoms with Crippen LogP contribution in [0.25, 0.3) is 11.1 Å². The van der Waals surface area contributed by atoms with Crippen molar-refractivity contribution in [1.29, 1.82) is 0 Å². The molecule has 0 aromatic heterocycles. The number of hydrogen-bond acceptors (Lipinski definition) is 4. The van der Waals surface area contributed by atoms with Gasteiger partial charge < -0.3 is 20.1 Å². The molecule has 3 aromatic rings. The molecule has 0 saturated heterocycles. The highest BCUT2D eigenvalue weighted by molar-refractivity contribution is 5.66. The van der Waals surface area contributed by atoms with Crippen molar-refractivity contribution in [3.8, 4) is 16.9 Å². The highest BCUT2D eigenvalue weighted by Gasteiger charge is 2.16. The minimum atomic E-state index is -0.894. The van der Waals surface area contributed by atoms with Gasteiger partial charge in [-0.1, -0.05) is 42.5 Å². The van der Waals surface area contributed by atoms with E-state index in [1.54, 1.807) is 13.8 Å². The molecule has 0 amide bonds. The maximum absolute atomic E-state index is 10.2. The van der Waals surface area contributed by atoms with Gasteiger partial charge in [0, 0.05) is 0 Å². The monoisotopic (exact) mass is 378 g/mol. The quantitative estimate of drug-likeness (QED) is 0.578. The van der Waals surface area contributed by atoms with Gasteiger partial charge in [0.05, 0.1) is 18.8 Å². The Morgan fingerprint density at radius 3 is 2.14 bits per heavy atom. The van der Waals surface area contributed by atoms with Crippen molar-refractivity contribution < 1.29 is 20.1 Å². The fourth-order valence-electron chi connectivity index (χ4n) is 3.08. The summed E-state index contributed by atoms with van der Waals surface area (Å²) < 4.78 is 5.93. The van der Waals surface area contributed by atoms with E-state index in [9.17, 15) is 15.3 Å². The molecule has 3 aromatic carbocycles. The first-order chi connectivity index (χ1) is 13.4. The van der Waals surface area contributed by atoms with E-state index in [0.717, 1.165) is 33.6 Å². The van der Waals surface area contributed by atoms with Crippen LogP contribution in [0, 0.1) is 0 Å². The summed E-state index contributed by atoms with van der Waals surface area (Å²) in [7, 11) is 0. The lowest BCUT2D eigenvalue weighted by atomic mass is 9.94. The third-order valence-corrected chi connectivity index (χ3v) is 4.75. The smallest absolute Gasteiger partial charge is 0.120 e. The molecule has 0 radical (unpaired) electrons. The maximum atomic E-state index is 10.2. The van der Waals surface area contributed by atoms with E-state index in [2.05, 4.69) is 0 Å². The van der Waals surface area contributed by atoms with Crippen LogP contribution in [0.1, 0.15) is 36.1 Å². The molecule has 3 N–H and O–H groups in total. The Morgan fingerprint density at radius 2 is 1.46 bits per heavy atom. The van der Waals surface area contributed by atoms with Gasteiger partial charge in [0.2, 0.25) is 0 Å². The molecular formula is C24H26O4. The van der Waals surface area contributed by atoms with E-state index in [-0.39, 0.29) is 13.2 Å². The van der Waals surface area contributed by atoms with E-state index < -0.39 is 5.60 Å². The van der Waals surface area contributed by atoms with Gasteiger partial charge in [0.15, 0.2) is 0 Å². The average Bonchev–Trinajstić information content (AvgIpc) is 2.71. The number of rotatable bonds is 7. The van der Waals surface area contributed by atoms with Crippen molar-refractivity contribution in [3.63, 3.8) is 0 Å². The third-order valence-electron chi connectivity index (χ3n) is 4.75. The Bertz CT molecular complexity index is 941. The van der Waals surface area contributed by atoms with Gasteiger partial charge >= 0.3 is 0 Å². The summed E-state index contributed by atoms with van der Waals surface area (Å²) in [5, 5.41) is 29.0. The summed E-state index contributed by atoms with van der Waals surface area (Å²) in [5.41, 5.74) is 4.35. The van der Waals surface area contributed by atoms with Crippen LogP contribution in [-0.4, -0.2) is 15.3 Å². The Kier molecular flexibility index (Phi) is 6.15. The number of ether oxygens (including phenoxy) is 1. The van der Waals surface area contributed by atoms with Crippen LogP contribution in [0.3, 0.4) is 0 Å². The molecular weight excluding hydrogens is 352 g/mol. The van der Waals surface area contributed by atoms with Crippen LogP contribution in [0.2, 0.25) is 0 Å². The van der Waals surface area contributed by atoms with E-state index >= 15 is 0 Å². The average molecular weight is 378 g/mol. The largest absolute Gasteiger partial charge is 0.489 e. The van der Waals surface area contributed by atoms with Crippen LogP contribution in [0.5, 0.6) is 5.75 Å². The second-order valence-electron chi connectivity index (χ2n) is 7.38. The summed E-state index contributed by atoms with van der Waals surface area (Å²) in [6, 6.07) is 21.2. The predicted octanol–water partition coefficient (Wildman–Crippen LogP) is 4.14. The molecule has 0 aliphatic heterocycles. The molecule has 0 spiro atoms. The summed E-state index contributed by atoms with van der Waals surface area (Å²) in [6.45, 7) is 3.70. The molecule has 0 heterocycles. The van der Waals surface area contributed by atoms with Crippen molar-refractivity contribution in [2.24, 2.45) is 0 Å².